The van der Waals surface area contributed by atoms with Crippen molar-refractivity contribution in [2.45, 2.75) is 38.6 Å². The summed E-state index contributed by atoms with van der Waals surface area (Å²) in [5.41, 5.74) is 1.21. The highest BCUT2D eigenvalue weighted by Crippen LogP contribution is 2.20. The van der Waals surface area contributed by atoms with Crippen molar-refractivity contribution in [3.05, 3.63) is 85.7 Å². The summed E-state index contributed by atoms with van der Waals surface area (Å²) in [6.07, 6.45) is 7.45. The lowest BCUT2D eigenvalue weighted by molar-refractivity contribution is 0.0741. The Morgan fingerprint density at radius 1 is 1.00 bits per heavy atom. The van der Waals surface area contributed by atoms with Gasteiger partial charge in [0, 0.05) is 49.8 Å². The molecule has 1 fully saturated rings. The largest absolute Gasteiger partial charge is 0.337 e. The molecule has 3 heterocycles. The smallest absolute Gasteiger partial charge is 0.328 e. The first-order chi connectivity index (χ1) is 17.0. The molecule has 1 aromatic carbocycles. The number of nitrogens with one attached hydrogen (secondary N) is 1. The zero-order valence-electron chi connectivity index (χ0n) is 19.4. The number of hydrogen-bond donors (Lipinski definition) is 1. The van der Waals surface area contributed by atoms with Gasteiger partial charge < -0.3 is 9.80 Å². The number of anilines is 1. The standard InChI is InChI=1S/C25H27FN6O3/c26-20-8-7-17(16-32-21-6-3-1-2-5-18(21)22(33)29-25(32)35)15-19(20)23(34)30-11-13-31(14-12-30)24-27-9-4-10-28-24/h4,7-10,15H,1-3,5-6,11-14,16H2,(H,29,33,35). The molecular weight excluding hydrogens is 451 g/mol. The third kappa shape index (κ3) is 4.73. The SMILES string of the molecule is O=C(c1cc(Cn2c3c(c(=O)[nH]c2=O)CCCCC3)ccc1F)N1CCN(c2ncccn2)CC1. The van der Waals surface area contributed by atoms with Gasteiger partial charge in [-0.2, -0.15) is 0 Å². The minimum absolute atomic E-state index is 0.0181. The molecule has 2 aliphatic rings. The molecular formula is C25H27FN6O3. The van der Waals surface area contributed by atoms with Gasteiger partial charge in [-0.15, -0.1) is 0 Å². The normalized spacial score (nSPS) is 16.0. The van der Waals surface area contributed by atoms with Gasteiger partial charge in [0.1, 0.15) is 5.82 Å². The van der Waals surface area contributed by atoms with Crippen LogP contribution in [-0.4, -0.2) is 56.5 Å². The van der Waals surface area contributed by atoms with Gasteiger partial charge in [-0.25, -0.2) is 19.2 Å². The minimum atomic E-state index is -0.597. The molecule has 0 saturated carbocycles. The number of aromatic nitrogens is 4. The lowest BCUT2D eigenvalue weighted by Gasteiger charge is -2.34. The van der Waals surface area contributed by atoms with Crippen LogP contribution in [0.1, 0.15) is 46.4 Å². The second-order valence-electron chi connectivity index (χ2n) is 8.97. The van der Waals surface area contributed by atoms with E-state index in [0.717, 1.165) is 25.0 Å². The molecule has 0 radical (unpaired) electrons. The summed E-state index contributed by atoms with van der Waals surface area (Å²) < 4.78 is 16.3. The topological polar surface area (TPSA) is 104 Å². The number of hydrogen-bond acceptors (Lipinski definition) is 6. The summed E-state index contributed by atoms with van der Waals surface area (Å²) in [4.78, 5) is 52.7. The van der Waals surface area contributed by atoms with Crippen molar-refractivity contribution < 1.29 is 9.18 Å². The predicted octanol–water partition coefficient (Wildman–Crippen LogP) is 1.75. The van der Waals surface area contributed by atoms with E-state index in [1.54, 1.807) is 34.0 Å². The van der Waals surface area contributed by atoms with Crippen LogP contribution in [0.3, 0.4) is 0 Å². The molecule has 1 aliphatic heterocycles. The van der Waals surface area contributed by atoms with Gasteiger partial charge in [0.15, 0.2) is 0 Å². The Balaban J connectivity index is 1.36. The quantitative estimate of drug-likeness (QED) is 0.573. The van der Waals surface area contributed by atoms with E-state index in [1.807, 2.05) is 4.90 Å². The zero-order valence-corrected chi connectivity index (χ0v) is 19.4. The Morgan fingerprint density at radius 2 is 1.74 bits per heavy atom. The number of H-pyrrole nitrogens is 1. The second-order valence-corrected chi connectivity index (χ2v) is 8.97. The molecule has 0 unspecified atom stereocenters. The van der Waals surface area contributed by atoms with Crippen molar-refractivity contribution in [1.29, 1.82) is 0 Å². The van der Waals surface area contributed by atoms with Gasteiger partial charge in [0.25, 0.3) is 11.5 Å². The fourth-order valence-corrected chi connectivity index (χ4v) is 4.89. The van der Waals surface area contributed by atoms with E-state index < -0.39 is 11.5 Å². The molecule has 0 atom stereocenters. The number of rotatable bonds is 4. The van der Waals surface area contributed by atoms with E-state index in [0.29, 0.717) is 56.1 Å². The van der Waals surface area contributed by atoms with Crippen molar-refractivity contribution in [2.75, 3.05) is 31.1 Å². The number of benzene rings is 1. The Morgan fingerprint density at radius 3 is 2.51 bits per heavy atom. The molecule has 0 bridgehead atoms. The molecule has 0 spiro atoms. The van der Waals surface area contributed by atoms with Crippen molar-refractivity contribution in [2.24, 2.45) is 0 Å². The van der Waals surface area contributed by atoms with Crippen LogP contribution < -0.4 is 16.1 Å². The molecule has 35 heavy (non-hydrogen) atoms. The Kier molecular flexibility index (Phi) is 6.43. The average molecular weight is 479 g/mol. The fraction of sp³-hybridized carbons (Fsp3) is 0.400. The summed E-state index contributed by atoms with van der Waals surface area (Å²) in [5.74, 6) is -0.371. The molecule has 2 aromatic heterocycles. The highest BCUT2D eigenvalue weighted by Gasteiger charge is 2.26. The van der Waals surface area contributed by atoms with Gasteiger partial charge in [0.2, 0.25) is 5.95 Å². The van der Waals surface area contributed by atoms with Crippen LogP contribution in [0.4, 0.5) is 10.3 Å². The maximum Gasteiger partial charge on any atom is 0.328 e. The van der Waals surface area contributed by atoms with E-state index in [4.69, 9.17) is 0 Å². The first kappa shape index (κ1) is 22.9. The molecule has 1 N–H and O–H groups in total. The highest BCUT2D eigenvalue weighted by atomic mass is 19.1. The number of piperazine rings is 1. The Labute approximate surface area is 201 Å². The second kappa shape index (κ2) is 9.81. The summed E-state index contributed by atoms with van der Waals surface area (Å²) in [6, 6.07) is 6.12. The lowest BCUT2D eigenvalue weighted by Crippen LogP contribution is -2.49. The number of aromatic amines is 1. The number of fused-ring (bicyclic) bond motifs is 1. The maximum atomic E-state index is 14.7. The van der Waals surface area contributed by atoms with Crippen LogP contribution in [0.15, 0.2) is 46.2 Å². The average Bonchev–Trinajstić information content (AvgIpc) is 3.14. The van der Waals surface area contributed by atoms with Crippen molar-refractivity contribution in [3.8, 4) is 0 Å². The summed E-state index contributed by atoms with van der Waals surface area (Å²) in [6.45, 7) is 2.12. The van der Waals surface area contributed by atoms with E-state index in [-0.39, 0.29) is 23.6 Å². The van der Waals surface area contributed by atoms with Gasteiger partial charge in [-0.3, -0.25) is 19.1 Å². The van der Waals surface area contributed by atoms with Gasteiger partial charge in [-0.05, 0) is 49.4 Å². The Hall–Kier alpha value is -3.82. The summed E-state index contributed by atoms with van der Waals surface area (Å²) in [5, 5.41) is 0. The first-order valence-electron chi connectivity index (χ1n) is 12.0. The molecule has 3 aromatic rings. The Bertz CT molecular complexity index is 1350. The van der Waals surface area contributed by atoms with Gasteiger partial charge in [0.05, 0.1) is 12.1 Å². The van der Waals surface area contributed by atoms with E-state index >= 15 is 0 Å². The predicted molar refractivity (Wildman–Crippen MR) is 128 cm³/mol. The molecule has 1 amide bonds. The van der Waals surface area contributed by atoms with Crippen molar-refractivity contribution >= 4 is 11.9 Å². The number of amides is 1. The first-order valence-corrected chi connectivity index (χ1v) is 12.0. The molecule has 9 nitrogen and oxygen atoms in total. The number of carbonyl (C=O) groups excluding carboxylic acids is 1. The third-order valence-corrected chi connectivity index (χ3v) is 6.76. The van der Waals surface area contributed by atoms with Crippen LogP contribution in [0.2, 0.25) is 0 Å². The highest BCUT2D eigenvalue weighted by molar-refractivity contribution is 5.94. The molecule has 1 saturated heterocycles. The van der Waals surface area contributed by atoms with E-state index in [9.17, 15) is 18.8 Å². The summed E-state index contributed by atoms with van der Waals surface area (Å²) >= 11 is 0. The lowest BCUT2D eigenvalue weighted by atomic mass is 10.1. The molecule has 5 rings (SSSR count). The van der Waals surface area contributed by atoms with Crippen LogP contribution >= 0.6 is 0 Å². The number of halogens is 1. The van der Waals surface area contributed by atoms with E-state index in [1.165, 1.54) is 12.1 Å². The molecule has 182 valence electrons. The van der Waals surface area contributed by atoms with Crippen LogP contribution in [0, 0.1) is 5.82 Å². The maximum absolute atomic E-state index is 14.7. The fourth-order valence-electron chi connectivity index (χ4n) is 4.89. The van der Waals surface area contributed by atoms with Crippen molar-refractivity contribution in [3.63, 3.8) is 0 Å². The zero-order chi connectivity index (χ0) is 24.4. The van der Waals surface area contributed by atoms with Crippen LogP contribution in [-0.2, 0) is 19.4 Å². The monoisotopic (exact) mass is 478 g/mol. The number of nitrogens with zero attached hydrogens (tertiary/aromatic N) is 5. The van der Waals surface area contributed by atoms with E-state index in [2.05, 4.69) is 15.0 Å². The minimum Gasteiger partial charge on any atom is -0.337 e. The van der Waals surface area contributed by atoms with Crippen LogP contribution in [0.25, 0.3) is 0 Å². The van der Waals surface area contributed by atoms with Crippen molar-refractivity contribution in [1.82, 2.24) is 24.4 Å². The van der Waals surface area contributed by atoms with Gasteiger partial charge >= 0.3 is 5.69 Å². The summed E-state index contributed by atoms with van der Waals surface area (Å²) in [7, 11) is 0. The number of carbonyl (C=O) groups is 1. The molecule has 10 heteroatoms. The third-order valence-electron chi connectivity index (χ3n) is 6.76. The van der Waals surface area contributed by atoms with Crippen LogP contribution in [0.5, 0.6) is 0 Å². The molecule has 1 aliphatic carbocycles. The van der Waals surface area contributed by atoms with Gasteiger partial charge in [-0.1, -0.05) is 12.5 Å².